The van der Waals surface area contributed by atoms with Gasteiger partial charge in [-0.25, -0.2) is 9.67 Å². The number of rotatable bonds is 5. The number of aromatic nitrogens is 3. The van der Waals surface area contributed by atoms with E-state index < -0.39 is 0 Å². The Morgan fingerprint density at radius 3 is 2.39 bits per heavy atom. The van der Waals surface area contributed by atoms with E-state index in [9.17, 15) is 9.59 Å². The average Bonchev–Trinajstić information content (AvgIpc) is 3.25. The van der Waals surface area contributed by atoms with Gasteiger partial charge in [0.05, 0.1) is 17.5 Å². The van der Waals surface area contributed by atoms with E-state index in [0.29, 0.717) is 37.3 Å². The number of benzene rings is 1. The lowest BCUT2D eigenvalue weighted by molar-refractivity contribution is -0.121. The van der Waals surface area contributed by atoms with Crippen LogP contribution in [0.2, 0.25) is 0 Å². The molecule has 1 aliphatic rings. The molecule has 2 amide bonds. The molecular weight excluding hydrogens is 390 g/mol. The van der Waals surface area contributed by atoms with Crippen molar-refractivity contribution in [3.63, 3.8) is 0 Å². The molecule has 1 N–H and O–H groups in total. The van der Waals surface area contributed by atoms with Crippen molar-refractivity contribution in [1.82, 2.24) is 19.7 Å². The highest BCUT2D eigenvalue weighted by Gasteiger charge is 2.30. The minimum atomic E-state index is -0.0925. The lowest BCUT2D eigenvalue weighted by Crippen LogP contribution is -2.41. The Morgan fingerprint density at radius 1 is 1.03 bits per heavy atom. The standard InChI is InChI=1S/C24H27N5O2/c1-17(2)22-20(16-26-29(22)21-10-6-7-13-25-21)24(31)28-14-11-18(12-15-28)23(30)27-19-8-4-3-5-9-19/h3-10,13,16-18H,11-12,14-15H2,1-2H3,(H,27,30). The van der Waals surface area contributed by atoms with Gasteiger partial charge in [-0.15, -0.1) is 0 Å². The fourth-order valence-electron chi connectivity index (χ4n) is 4.02. The van der Waals surface area contributed by atoms with E-state index in [0.717, 1.165) is 11.4 Å². The Hall–Kier alpha value is -3.48. The number of nitrogens with one attached hydrogen (secondary N) is 1. The monoisotopic (exact) mass is 417 g/mol. The molecular formula is C24H27N5O2. The van der Waals surface area contributed by atoms with Crippen LogP contribution in [0.4, 0.5) is 5.69 Å². The van der Waals surface area contributed by atoms with Crippen LogP contribution in [0.5, 0.6) is 0 Å². The number of carbonyl (C=O) groups is 2. The van der Waals surface area contributed by atoms with Crippen molar-refractivity contribution in [3.05, 3.63) is 72.2 Å². The van der Waals surface area contributed by atoms with Crippen LogP contribution in [-0.2, 0) is 4.79 Å². The van der Waals surface area contributed by atoms with Crippen LogP contribution < -0.4 is 5.32 Å². The van der Waals surface area contributed by atoms with E-state index in [1.165, 1.54) is 0 Å². The molecule has 0 saturated carbocycles. The zero-order chi connectivity index (χ0) is 21.8. The molecule has 3 aromatic rings. The summed E-state index contributed by atoms with van der Waals surface area (Å²) in [5.41, 5.74) is 2.26. The lowest BCUT2D eigenvalue weighted by atomic mass is 9.95. The van der Waals surface area contributed by atoms with Gasteiger partial charge in [0.25, 0.3) is 5.91 Å². The molecule has 160 valence electrons. The number of likely N-dealkylation sites (tertiary alicyclic amines) is 1. The summed E-state index contributed by atoms with van der Waals surface area (Å²) in [4.78, 5) is 32.1. The average molecular weight is 418 g/mol. The maximum absolute atomic E-state index is 13.3. The molecule has 7 nitrogen and oxygen atoms in total. The van der Waals surface area contributed by atoms with Gasteiger partial charge in [-0.05, 0) is 43.0 Å². The molecule has 31 heavy (non-hydrogen) atoms. The van der Waals surface area contributed by atoms with Crippen LogP contribution in [0.3, 0.4) is 0 Å². The van der Waals surface area contributed by atoms with E-state index in [2.05, 4.69) is 15.4 Å². The predicted molar refractivity (Wildman–Crippen MR) is 119 cm³/mol. The van der Waals surface area contributed by atoms with Crippen LogP contribution in [0.15, 0.2) is 60.9 Å². The number of pyridine rings is 1. The normalized spacial score (nSPS) is 14.6. The van der Waals surface area contributed by atoms with Crippen molar-refractivity contribution in [2.75, 3.05) is 18.4 Å². The third-order valence-electron chi connectivity index (χ3n) is 5.64. The Labute approximate surface area is 182 Å². The van der Waals surface area contributed by atoms with E-state index in [1.54, 1.807) is 17.1 Å². The van der Waals surface area contributed by atoms with Gasteiger partial charge in [-0.2, -0.15) is 5.10 Å². The number of amides is 2. The molecule has 0 unspecified atom stereocenters. The van der Waals surface area contributed by atoms with Gasteiger partial charge < -0.3 is 10.2 Å². The lowest BCUT2D eigenvalue weighted by Gasteiger charge is -2.31. The largest absolute Gasteiger partial charge is 0.338 e. The van der Waals surface area contributed by atoms with E-state index in [-0.39, 0.29) is 23.7 Å². The van der Waals surface area contributed by atoms with Gasteiger partial charge in [0.1, 0.15) is 0 Å². The first kappa shape index (κ1) is 20.8. The van der Waals surface area contributed by atoms with Crippen molar-refractivity contribution in [2.45, 2.75) is 32.6 Å². The SMILES string of the molecule is CC(C)c1c(C(=O)N2CCC(C(=O)Nc3ccccc3)CC2)cnn1-c1ccccn1. The molecule has 1 saturated heterocycles. The fourth-order valence-corrected chi connectivity index (χ4v) is 4.02. The van der Waals surface area contributed by atoms with E-state index in [4.69, 9.17) is 0 Å². The first-order chi connectivity index (χ1) is 15.0. The van der Waals surface area contributed by atoms with Crippen molar-refractivity contribution >= 4 is 17.5 Å². The third-order valence-corrected chi connectivity index (χ3v) is 5.64. The quantitative estimate of drug-likeness (QED) is 0.683. The number of anilines is 1. The summed E-state index contributed by atoms with van der Waals surface area (Å²) in [6, 6.07) is 15.1. The molecule has 0 spiro atoms. The molecule has 0 atom stereocenters. The van der Waals surface area contributed by atoms with Gasteiger partial charge in [0.15, 0.2) is 5.82 Å². The summed E-state index contributed by atoms with van der Waals surface area (Å²) in [6.07, 6.45) is 4.65. The number of hydrogen-bond acceptors (Lipinski definition) is 4. The van der Waals surface area contributed by atoms with E-state index >= 15 is 0 Å². The second-order valence-corrected chi connectivity index (χ2v) is 8.12. The number of piperidine rings is 1. The summed E-state index contributed by atoms with van der Waals surface area (Å²) in [5.74, 6) is 0.696. The highest BCUT2D eigenvalue weighted by molar-refractivity contribution is 5.96. The molecule has 7 heteroatoms. The molecule has 3 heterocycles. The van der Waals surface area contributed by atoms with Crippen molar-refractivity contribution < 1.29 is 9.59 Å². The Morgan fingerprint density at radius 2 is 1.74 bits per heavy atom. The molecule has 1 aliphatic heterocycles. The molecule has 0 radical (unpaired) electrons. The van der Waals surface area contributed by atoms with Crippen LogP contribution in [0.25, 0.3) is 5.82 Å². The topological polar surface area (TPSA) is 80.1 Å². The van der Waals surface area contributed by atoms with Crippen molar-refractivity contribution in [2.24, 2.45) is 5.92 Å². The summed E-state index contributed by atoms with van der Waals surface area (Å²) < 4.78 is 1.75. The molecule has 1 aromatic carbocycles. The van der Waals surface area contributed by atoms with Gasteiger partial charge >= 0.3 is 0 Å². The van der Waals surface area contributed by atoms with Crippen molar-refractivity contribution in [3.8, 4) is 5.82 Å². The zero-order valence-corrected chi connectivity index (χ0v) is 17.9. The fraction of sp³-hybridized carbons (Fsp3) is 0.333. The number of carbonyl (C=O) groups excluding carboxylic acids is 2. The molecule has 2 aromatic heterocycles. The van der Waals surface area contributed by atoms with E-state index in [1.807, 2.05) is 67.3 Å². The zero-order valence-electron chi connectivity index (χ0n) is 17.9. The van der Waals surface area contributed by atoms with Crippen LogP contribution in [0.1, 0.15) is 48.7 Å². The Balaban J connectivity index is 1.44. The van der Waals surface area contributed by atoms with Gasteiger partial charge in [0, 0.05) is 30.9 Å². The highest BCUT2D eigenvalue weighted by Crippen LogP contribution is 2.26. The maximum Gasteiger partial charge on any atom is 0.257 e. The third kappa shape index (κ3) is 4.50. The van der Waals surface area contributed by atoms with Crippen LogP contribution in [0, 0.1) is 5.92 Å². The number of para-hydroxylation sites is 1. The molecule has 0 bridgehead atoms. The minimum absolute atomic E-state index is 0.0177. The van der Waals surface area contributed by atoms with Gasteiger partial charge in [-0.3, -0.25) is 9.59 Å². The second-order valence-electron chi connectivity index (χ2n) is 8.12. The van der Waals surface area contributed by atoms with Gasteiger partial charge in [-0.1, -0.05) is 38.1 Å². The maximum atomic E-state index is 13.3. The number of hydrogen-bond donors (Lipinski definition) is 1. The smallest absolute Gasteiger partial charge is 0.257 e. The summed E-state index contributed by atoms with van der Waals surface area (Å²) in [5, 5.41) is 7.43. The minimum Gasteiger partial charge on any atom is -0.338 e. The van der Waals surface area contributed by atoms with Crippen molar-refractivity contribution in [1.29, 1.82) is 0 Å². The molecule has 1 fully saturated rings. The van der Waals surface area contributed by atoms with Gasteiger partial charge in [0.2, 0.25) is 5.91 Å². The molecule has 0 aliphatic carbocycles. The molecule has 4 rings (SSSR count). The summed E-state index contributed by atoms with van der Waals surface area (Å²) >= 11 is 0. The first-order valence-corrected chi connectivity index (χ1v) is 10.7. The second kappa shape index (κ2) is 9.12. The predicted octanol–water partition coefficient (Wildman–Crippen LogP) is 3.88. The summed E-state index contributed by atoms with van der Waals surface area (Å²) in [7, 11) is 0. The highest BCUT2D eigenvalue weighted by atomic mass is 16.2. The Kier molecular flexibility index (Phi) is 6.11. The Bertz CT molecular complexity index is 1040. The number of nitrogens with zero attached hydrogens (tertiary/aromatic N) is 4. The first-order valence-electron chi connectivity index (χ1n) is 10.7. The summed E-state index contributed by atoms with van der Waals surface area (Å²) in [6.45, 7) is 5.21. The van der Waals surface area contributed by atoms with Crippen LogP contribution in [-0.4, -0.2) is 44.6 Å². The van der Waals surface area contributed by atoms with Crippen LogP contribution >= 0.6 is 0 Å².